The fourth-order valence-electron chi connectivity index (χ4n) is 2.21. The van der Waals surface area contributed by atoms with Gasteiger partial charge in [0, 0.05) is 13.0 Å². The molecular weight excluding hydrogens is 236 g/mol. The number of aryl methyl sites for hydroxylation is 1. The summed E-state index contributed by atoms with van der Waals surface area (Å²) in [5, 5.41) is 2.99. The second kappa shape index (κ2) is 8.70. The normalized spacial score (nSPS) is 12.2. The quantitative estimate of drug-likeness (QED) is 0.757. The molecular formula is C16H26N2O. The van der Waals surface area contributed by atoms with E-state index in [1.54, 1.807) is 0 Å². The van der Waals surface area contributed by atoms with Gasteiger partial charge in [0.1, 0.15) is 0 Å². The van der Waals surface area contributed by atoms with Gasteiger partial charge in [0.15, 0.2) is 0 Å². The van der Waals surface area contributed by atoms with Crippen LogP contribution < -0.4 is 11.1 Å². The minimum absolute atomic E-state index is 0.138. The average molecular weight is 262 g/mol. The topological polar surface area (TPSA) is 55.1 Å². The van der Waals surface area contributed by atoms with Crippen LogP contribution in [0.15, 0.2) is 24.3 Å². The van der Waals surface area contributed by atoms with Crippen molar-refractivity contribution in [2.45, 2.75) is 46.1 Å². The molecule has 3 N–H and O–H groups in total. The Morgan fingerprint density at radius 2 is 2.05 bits per heavy atom. The third kappa shape index (κ3) is 5.88. The molecule has 0 aliphatic carbocycles. The molecule has 19 heavy (non-hydrogen) atoms. The maximum absolute atomic E-state index is 11.8. The zero-order valence-electron chi connectivity index (χ0n) is 12.1. The zero-order chi connectivity index (χ0) is 14.1. The van der Waals surface area contributed by atoms with Crippen LogP contribution in [0, 0.1) is 12.8 Å². The van der Waals surface area contributed by atoms with E-state index in [1.807, 2.05) is 12.1 Å². The molecule has 1 amide bonds. The fraction of sp³-hybridized carbons (Fsp3) is 0.562. The van der Waals surface area contributed by atoms with E-state index in [9.17, 15) is 4.79 Å². The van der Waals surface area contributed by atoms with Gasteiger partial charge in [-0.2, -0.15) is 0 Å². The highest BCUT2D eigenvalue weighted by Crippen LogP contribution is 2.14. The van der Waals surface area contributed by atoms with Gasteiger partial charge in [-0.3, -0.25) is 4.79 Å². The molecule has 3 nitrogen and oxygen atoms in total. The lowest BCUT2D eigenvalue weighted by atomic mass is 9.96. The van der Waals surface area contributed by atoms with Crippen molar-refractivity contribution in [3.63, 3.8) is 0 Å². The van der Waals surface area contributed by atoms with E-state index >= 15 is 0 Å². The summed E-state index contributed by atoms with van der Waals surface area (Å²) in [6, 6.07) is 8.14. The summed E-state index contributed by atoms with van der Waals surface area (Å²) < 4.78 is 0. The molecule has 0 radical (unpaired) electrons. The predicted molar refractivity (Wildman–Crippen MR) is 79.7 cm³/mol. The monoisotopic (exact) mass is 262 g/mol. The van der Waals surface area contributed by atoms with E-state index in [-0.39, 0.29) is 5.91 Å². The second-order valence-corrected chi connectivity index (χ2v) is 5.09. The lowest BCUT2D eigenvalue weighted by Crippen LogP contribution is -2.23. The van der Waals surface area contributed by atoms with Crippen LogP contribution in [0.25, 0.3) is 0 Å². The van der Waals surface area contributed by atoms with Gasteiger partial charge in [0.2, 0.25) is 5.91 Å². The van der Waals surface area contributed by atoms with Crippen LogP contribution in [-0.4, -0.2) is 12.5 Å². The summed E-state index contributed by atoms with van der Waals surface area (Å²) in [4.78, 5) is 11.8. The van der Waals surface area contributed by atoms with Crippen LogP contribution in [0.3, 0.4) is 0 Å². The second-order valence-electron chi connectivity index (χ2n) is 5.09. The number of nitrogens with two attached hydrogens (primary N) is 1. The molecule has 1 aromatic rings. The van der Waals surface area contributed by atoms with Crippen molar-refractivity contribution in [1.82, 2.24) is 5.32 Å². The molecule has 1 unspecified atom stereocenters. The molecule has 1 aromatic carbocycles. The SMILES string of the molecule is CCC(CCN)CCC(=O)NCc1ccccc1C. The van der Waals surface area contributed by atoms with Crippen LogP contribution in [0.4, 0.5) is 0 Å². The Morgan fingerprint density at radius 3 is 2.68 bits per heavy atom. The van der Waals surface area contributed by atoms with Gasteiger partial charge in [-0.05, 0) is 43.4 Å². The van der Waals surface area contributed by atoms with Gasteiger partial charge in [0.25, 0.3) is 0 Å². The van der Waals surface area contributed by atoms with Crippen molar-refractivity contribution < 1.29 is 4.79 Å². The average Bonchev–Trinajstić information content (AvgIpc) is 2.42. The van der Waals surface area contributed by atoms with Crippen LogP contribution >= 0.6 is 0 Å². The minimum atomic E-state index is 0.138. The molecule has 3 heteroatoms. The Kier molecular flexibility index (Phi) is 7.19. The van der Waals surface area contributed by atoms with E-state index in [2.05, 4.69) is 31.3 Å². The fourth-order valence-corrected chi connectivity index (χ4v) is 2.21. The third-order valence-electron chi connectivity index (χ3n) is 3.67. The molecule has 0 aliphatic heterocycles. The number of amides is 1. The maximum Gasteiger partial charge on any atom is 0.220 e. The first-order valence-corrected chi connectivity index (χ1v) is 7.18. The molecule has 106 valence electrons. The van der Waals surface area contributed by atoms with Gasteiger partial charge in [-0.25, -0.2) is 0 Å². The Bertz CT molecular complexity index is 390. The predicted octanol–water partition coefficient (Wildman–Crippen LogP) is 2.77. The standard InChI is InChI=1S/C16H26N2O/c1-3-14(10-11-17)8-9-16(19)18-12-15-7-5-4-6-13(15)2/h4-7,14H,3,8-12,17H2,1-2H3,(H,18,19). The van der Waals surface area contributed by atoms with Crippen LogP contribution in [-0.2, 0) is 11.3 Å². The molecule has 0 saturated carbocycles. The first-order chi connectivity index (χ1) is 9.17. The van der Waals surface area contributed by atoms with Crippen LogP contribution in [0.1, 0.15) is 43.7 Å². The van der Waals surface area contributed by atoms with E-state index in [4.69, 9.17) is 5.73 Å². The summed E-state index contributed by atoms with van der Waals surface area (Å²) in [5.41, 5.74) is 7.97. The summed E-state index contributed by atoms with van der Waals surface area (Å²) in [6.07, 6.45) is 3.65. The summed E-state index contributed by atoms with van der Waals surface area (Å²) in [6.45, 7) is 5.56. The summed E-state index contributed by atoms with van der Waals surface area (Å²) in [5.74, 6) is 0.716. The number of carbonyl (C=O) groups is 1. The van der Waals surface area contributed by atoms with E-state index in [1.165, 1.54) is 11.1 Å². The smallest absolute Gasteiger partial charge is 0.220 e. The molecule has 0 heterocycles. The highest BCUT2D eigenvalue weighted by molar-refractivity contribution is 5.75. The molecule has 0 saturated heterocycles. The van der Waals surface area contributed by atoms with Crippen molar-refractivity contribution in [2.75, 3.05) is 6.54 Å². The number of rotatable bonds is 8. The van der Waals surface area contributed by atoms with Crippen molar-refractivity contribution in [3.05, 3.63) is 35.4 Å². The number of hydrogen-bond acceptors (Lipinski definition) is 2. The van der Waals surface area contributed by atoms with Gasteiger partial charge in [-0.1, -0.05) is 37.6 Å². The summed E-state index contributed by atoms with van der Waals surface area (Å²) >= 11 is 0. The number of hydrogen-bond donors (Lipinski definition) is 2. The molecule has 1 rings (SSSR count). The Labute approximate surface area is 116 Å². The molecule has 0 fully saturated rings. The van der Waals surface area contributed by atoms with Crippen LogP contribution in [0.5, 0.6) is 0 Å². The van der Waals surface area contributed by atoms with Gasteiger partial charge < -0.3 is 11.1 Å². The summed E-state index contributed by atoms with van der Waals surface area (Å²) in [7, 11) is 0. The molecule has 0 aliphatic rings. The Balaban J connectivity index is 2.30. The molecule has 0 spiro atoms. The van der Waals surface area contributed by atoms with E-state index in [0.717, 1.165) is 19.3 Å². The van der Waals surface area contributed by atoms with E-state index < -0.39 is 0 Å². The van der Waals surface area contributed by atoms with Crippen molar-refractivity contribution in [1.29, 1.82) is 0 Å². The number of carbonyl (C=O) groups excluding carboxylic acids is 1. The van der Waals surface area contributed by atoms with Gasteiger partial charge in [-0.15, -0.1) is 0 Å². The van der Waals surface area contributed by atoms with Gasteiger partial charge in [0.05, 0.1) is 0 Å². The lowest BCUT2D eigenvalue weighted by molar-refractivity contribution is -0.121. The minimum Gasteiger partial charge on any atom is -0.352 e. The maximum atomic E-state index is 11.8. The van der Waals surface area contributed by atoms with Crippen molar-refractivity contribution >= 4 is 5.91 Å². The van der Waals surface area contributed by atoms with Crippen molar-refractivity contribution in [3.8, 4) is 0 Å². The highest BCUT2D eigenvalue weighted by Gasteiger charge is 2.09. The lowest BCUT2D eigenvalue weighted by Gasteiger charge is -2.13. The molecule has 0 bridgehead atoms. The van der Waals surface area contributed by atoms with E-state index in [0.29, 0.717) is 25.4 Å². The van der Waals surface area contributed by atoms with Gasteiger partial charge >= 0.3 is 0 Å². The largest absolute Gasteiger partial charge is 0.352 e. The van der Waals surface area contributed by atoms with Crippen LogP contribution in [0.2, 0.25) is 0 Å². The molecule has 1 atom stereocenters. The first-order valence-electron chi connectivity index (χ1n) is 7.18. The number of benzene rings is 1. The molecule has 0 aromatic heterocycles. The highest BCUT2D eigenvalue weighted by atomic mass is 16.1. The third-order valence-corrected chi connectivity index (χ3v) is 3.67. The Morgan fingerprint density at radius 1 is 1.32 bits per heavy atom. The van der Waals surface area contributed by atoms with Crippen molar-refractivity contribution in [2.24, 2.45) is 11.7 Å². The Hall–Kier alpha value is -1.35. The first kappa shape index (κ1) is 15.7. The number of nitrogens with one attached hydrogen (secondary N) is 1. The zero-order valence-corrected chi connectivity index (χ0v) is 12.1.